The zero-order valence-electron chi connectivity index (χ0n) is 5.46. The largest absolute Gasteiger partial charge is 0.481 e. The highest BCUT2D eigenvalue weighted by molar-refractivity contribution is 7.13. The molecule has 1 atom stereocenters. The van der Waals surface area contributed by atoms with Gasteiger partial charge in [-0.1, -0.05) is 9.39 Å². The van der Waals surface area contributed by atoms with Crippen molar-refractivity contribution in [2.75, 3.05) is 6.54 Å². The Hall–Kier alpha value is -0.470. The highest BCUT2D eigenvalue weighted by Crippen LogP contribution is 1.89. The fourth-order valence-electron chi connectivity index (χ4n) is 0.449. The quantitative estimate of drug-likeness (QED) is 0.551. The molecule has 5 heteroatoms. The van der Waals surface area contributed by atoms with Gasteiger partial charge in [0.2, 0.25) is 0 Å². The molecule has 0 spiro atoms. The third-order valence-corrected chi connectivity index (χ3v) is 1.12. The van der Waals surface area contributed by atoms with E-state index in [0.717, 1.165) is 0 Å². The molecule has 0 aromatic rings. The predicted octanol–water partition coefficient (Wildman–Crippen LogP) is -0.200. The molecule has 0 rings (SSSR count). The number of carboxylic acids is 1. The van der Waals surface area contributed by atoms with Crippen LogP contribution in [0.4, 0.5) is 0 Å². The standard InChI is InChI=1S/C5H10NO3P/c7-4(3-6-10)1-2-5(8)9/h6H,1-3,10H2,(H,8,9). The summed E-state index contributed by atoms with van der Waals surface area (Å²) in [6.07, 6.45) is 0.0297. The lowest BCUT2D eigenvalue weighted by atomic mass is 10.2. The lowest BCUT2D eigenvalue weighted by Gasteiger charge is -1.94. The van der Waals surface area contributed by atoms with Gasteiger partial charge in [0.05, 0.1) is 13.0 Å². The normalized spacial score (nSPS) is 9.30. The Kier molecular flexibility index (Phi) is 5.08. The van der Waals surface area contributed by atoms with E-state index in [1.807, 2.05) is 0 Å². The number of carboxylic acid groups (broad SMARTS) is 1. The molecule has 1 unspecified atom stereocenters. The summed E-state index contributed by atoms with van der Waals surface area (Å²) in [6.45, 7) is 0.220. The third kappa shape index (κ3) is 5.66. The van der Waals surface area contributed by atoms with E-state index in [2.05, 4.69) is 14.5 Å². The maximum absolute atomic E-state index is 10.6. The Morgan fingerprint density at radius 2 is 2.00 bits per heavy atom. The molecule has 0 heterocycles. The van der Waals surface area contributed by atoms with Gasteiger partial charge in [0.15, 0.2) is 0 Å². The highest BCUT2D eigenvalue weighted by Gasteiger charge is 2.02. The molecule has 0 amide bonds. The minimum Gasteiger partial charge on any atom is -0.481 e. The summed E-state index contributed by atoms with van der Waals surface area (Å²) in [7, 11) is 2.18. The van der Waals surface area contributed by atoms with Crippen LogP contribution in [-0.4, -0.2) is 23.4 Å². The maximum atomic E-state index is 10.6. The second-order valence-electron chi connectivity index (χ2n) is 1.81. The summed E-state index contributed by atoms with van der Waals surface area (Å²) in [4.78, 5) is 20.5. The van der Waals surface area contributed by atoms with Crippen LogP contribution in [0.3, 0.4) is 0 Å². The first-order valence-corrected chi connectivity index (χ1v) is 3.41. The highest BCUT2D eigenvalue weighted by atomic mass is 31.0. The Balaban J connectivity index is 3.30. The van der Waals surface area contributed by atoms with Crippen LogP contribution < -0.4 is 5.09 Å². The van der Waals surface area contributed by atoms with Gasteiger partial charge in [0.1, 0.15) is 5.78 Å². The molecule has 58 valence electrons. The second-order valence-corrected chi connectivity index (χ2v) is 2.22. The van der Waals surface area contributed by atoms with Gasteiger partial charge in [0, 0.05) is 6.42 Å². The fraction of sp³-hybridized carbons (Fsp3) is 0.600. The second kappa shape index (κ2) is 5.33. The van der Waals surface area contributed by atoms with Crippen LogP contribution in [0.2, 0.25) is 0 Å². The van der Waals surface area contributed by atoms with Gasteiger partial charge < -0.3 is 5.11 Å². The molecule has 10 heavy (non-hydrogen) atoms. The molecular formula is C5H10NO3P. The van der Waals surface area contributed by atoms with Crippen molar-refractivity contribution in [3.63, 3.8) is 0 Å². The summed E-state index contributed by atoms with van der Waals surface area (Å²) in [6, 6.07) is 0. The molecule has 0 saturated carbocycles. The van der Waals surface area contributed by atoms with Crippen molar-refractivity contribution < 1.29 is 14.7 Å². The minimum atomic E-state index is -0.933. The number of aliphatic carboxylic acids is 1. The zero-order valence-corrected chi connectivity index (χ0v) is 6.62. The number of hydrogen-bond donors (Lipinski definition) is 2. The summed E-state index contributed by atoms with van der Waals surface area (Å²) >= 11 is 0. The van der Waals surface area contributed by atoms with Crippen molar-refractivity contribution >= 4 is 21.1 Å². The summed E-state index contributed by atoms with van der Waals surface area (Å²) in [5, 5.41) is 10.7. The van der Waals surface area contributed by atoms with Crippen molar-refractivity contribution in [3.05, 3.63) is 0 Å². The van der Waals surface area contributed by atoms with E-state index in [1.165, 1.54) is 0 Å². The summed E-state index contributed by atoms with van der Waals surface area (Å²) < 4.78 is 0. The lowest BCUT2D eigenvalue weighted by Crippen LogP contribution is -2.14. The molecule has 4 nitrogen and oxygen atoms in total. The molecule has 0 aliphatic rings. The first kappa shape index (κ1) is 9.53. The van der Waals surface area contributed by atoms with Gasteiger partial charge in [-0.25, -0.2) is 0 Å². The Morgan fingerprint density at radius 3 is 2.40 bits per heavy atom. The van der Waals surface area contributed by atoms with Crippen LogP contribution in [0.25, 0.3) is 0 Å². The van der Waals surface area contributed by atoms with Crippen molar-refractivity contribution in [1.82, 2.24) is 5.09 Å². The molecule has 0 aromatic heterocycles. The predicted molar refractivity (Wildman–Crippen MR) is 39.6 cm³/mol. The molecule has 0 radical (unpaired) electrons. The van der Waals surface area contributed by atoms with E-state index >= 15 is 0 Å². The van der Waals surface area contributed by atoms with Crippen LogP contribution in [0, 0.1) is 0 Å². The van der Waals surface area contributed by atoms with E-state index < -0.39 is 5.97 Å². The smallest absolute Gasteiger partial charge is 0.303 e. The Bertz CT molecular complexity index is 137. The van der Waals surface area contributed by atoms with E-state index in [0.29, 0.717) is 0 Å². The number of hydrogen-bond acceptors (Lipinski definition) is 3. The molecular weight excluding hydrogens is 153 g/mol. The van der Waals surface area contributed by atoms with Crippen molar-refractivity contribution in [3.8, 4) is 0 Å². The van der Waals surface area contributed by atoms with Crippen molar-refractivity contribution in [1.29, 1.82) is 0 Å². The summed E-state index contributed by atoms with van der Waals surface area (Å²) in [5.74, 6) is -1.02. The van der Waals surface area contributed by atoms with Gasteiger partial charge >= 0.3 is 5.97 Å². The monoisotopic (exact) mass is 163 g/mol. The van der Waals surface area contributed by atoms with Crippen LogP contribution >= 0.6 is 9.39 Å². The first-order valence-electron chi connectivity index (χ1n) is 2.83. The number of Topliss-reactive ketones (excluding diaryl/α,β-unsaturated/α-hetero) is 1. The van der Waals surface area contributed by atoms with E-state index in [4.69, 9.17) is 5.11 Å². The SMILES string of the molecule is O=C(O)CCC(=O)CNP. The van der Waals surface area contributed by atoms with E-state index in [9.17, 15) is 9.59 Å². The third-order valence-electron chi connectivity index (χ3n) is 0.917. The van der Waals surface area contributed by atoms with Crippen molar-refractivity contribution in [2.24, 2.45) is 0 Å². The van der Waals surface area contributed by atoms with Gasteiger partial charge in [-0.15, -0.1) is 0 Å². The Morgan fingerprint density at radius 1 is 1.40 bits per heavy atom. The maximum Gasteiger partial charge on any atom is 0.303 e. The number of carbonyl (C=O) groups is 2. The van der Waals surface area contributed by atoms with Crippen molar-refractivity contribution in [2.45, 2.75) is 12.8 Å². The van der Waals surface area contributed by atoms with Gasteiger partial charge in [-0.3, -0.25) is 14.7 Å². The molecule has 0 bridgehead atoms. The number of nitrogens with one attached hydrogen (secondary N) is 1. The van der Waals surface area contributed by atoms with E-state index in [1.54, 1.807) is 0 Å². The number of carbonyl (C=O) groups excluding carboxylic acids is 1. The van der Waals surface area contributed by atoms with Gasteiger partial charge in [-0.2, -0.15) is 0 Å². The molecule has 0 aliphatic heterocycles. The van der Waals surface area contributed by atoms with Crippen LogP contribution in [0.1, 0.15) is 12.8 Å². The molecule has 0 fully saturated rings. The molecule has 0 saturated heterocycles. The average Bonchev–Trinajstić information content (AvgIpc) is 1.85. The van der Waals surface area contributed by atoms with Crippen LogP contribution in [0.5, 0.6) is 0 Å². The Labute approximate surface area is 61.3 Å². The first-order chi connectivity index (χ1) is 4.66. The average molecular weight is 163 g/mol. The zero-order chi connectivity index (χ0) is 7.98. The minimum absolute atomic E-state index is 0.0782. The van der Waals surface area contributed by atoms with Gasteiger partial charge in [0.25, 0.3) is 0 Å². The molecule has 0 aromatic carbocycles. The van der Waals surface area contributed by atoms with Crippen LogP contribution in [-0.2, 0) is 9.59 Å². The summed E-state index contributed by atoms with van der Waals surface area (Å²) in [5.41, 5.74) is 0. The molecule has 2 N–H and O–H groups in total. The van der Waals surface area contributed by atoms with E-state index in [-0.39, 0.29) is 25.2 Å². The fourth-order valence-corrected chi connectivity index (χ4v) is 0.676. The lowest BCUT2D eigenvalue weighted by molar-refractivity contribution is -0.138. The molecule has 0 aliphatic carbocycles. The van der Waals surface area contributed by atoms with Gasteiger partial charge in [-0.05, 0) is 0 Å². The number of rotatable bonds is 5. The van der Waals surface area contributed by atoms with Crippen LogP contribution in [0.15, 0.2) is 0 Å². The topological polar surface area (TPSA) is 66.4 Å². The number of ketones is 1.